The minimum atomic E-state index is -1.49. The Bertz CT molecular complexity index is 871. The number of hydrogen-bond donors (Lipinski definition) is 0. The standard InChI is InChI=1S/C23H32N2O8S/c1-4-30-17-12-14-11-16(19(26)31-5-2)23(18(15(14)13-33-17)20(27)32-6-3)21(28)24-22(34-23)25-7-9-29-10-8-25/h13-14,16-18H,4-12H2,1-3H3/t14-,16-,17-,18-,23-/m0/s1. The summed E-state index contributed by atoms with van der Waals surface area (Å²) in [6, 6.07) is 0. The van der Waals surface area contributed by atoms with Crippen LogP contribution in [0.1, 0.15) is 33.6 Å². The second-order valence-corrected chi connectivity index (χ2v) is 9.74. The van der Waals surface area contributed by atoms with Crippen molar-refractivity contribution in [3.63, 3.8) is 0 Å². The van der Waals surface area contributed by atoms with Crippen molar-refractivity contribution in [3.05, 3.63) is 11.8 Å². The third-order valence-electron chi connectivity index (χ3n) is 6.62. The maximum atomic E-state index is 13.7. The van der Waals surface area contributed by atoms with Crippen molar-refractivity contribution in [1.29, 1.82) is 0 Å². The second-order valence-electron chi connectivity index (χ2n) is 8.49. The van der Waals surface area contributed by atoms with Crippen molar-refractivity contribution in [1.82, 2.24) is 4.90 Å². The predicted molar refractivity (Wildman–Crippen MR) is 123 cm³/mol. The van der Waals surface area contributed by atoms with Crippen LogP contribution in [0, 0.1) is 17.8 Å². The number of fused-ring (bicyclic) bond motifs is 1. The highest BCUT2D eigenvalue weighted by molar-refractivity contribution is 8.16. The SMILES string of the molecule is CCOC(=O)[C@@H]1C2=CO[C@H](OCC)C[C@@H]2C[C@@H](C(=O)OCC)[C@]12SC(N1CCOCC1)=NC2=O. The Labute approximate surface area is 203 Å². The summed E-state index contributed by atoms with van der Waals surface area (Å²) in [6.45, 7) is 8.28. The molecule has 34 heavy (non-hydrogen) atoms. The minimum absolute atomic E-state index is 0.145. The average Bonchev–Trinajstić information content (AvgIpc) is 3.16. The summed E-state index contributed by atoms with van der Waals surface area (Å²) in [4.78, 5) is 46.7. The summed E-state index contributed by atoms with van der Waals surface area (Å²) in [5.41, 5.74) is 0.647. The summed E-state index contributed by atoms with van der Waals surface area (Å²) in [5.74, 6) is -3.67. The molecule has 0 radical (unpaired) electrons. The maximum Gasteiger partial charge on any atom is 0.315 e. The van der Waals surface area contributed by atoms with E-state index >= 15 is 0 Å². The van der Waals surface area contributed by atoms with Crippen LogP contribution >= 0.6 is 11.8 Å². The van der Waals surface area contributed by atoms with Gasteiger partial charge in [-0.1, -0.05) is 11.8 Å². The molecule has 4 rings (SSSR count). The van der Waals surface area contributed by atoms with Crippen molar-refractivity contribution < 1.29 is 38.1 Å². The molecule has 1 spiro atoms. The van der Waals surface area contributed by atoms with Crippen molar-refractivity contribution in [2.75, 3.05) is 46.1 Å². The first-order chi connectivity index (χ1) is 16.5. The summed E-state index contributed by atoms with van der Waals surface area (Å²) in [7, 11) is 0. The molecular formula is C23H32N2O8S. The van der Waals surface area contributed by atoms with E-state index in [9.17, 15) is 14.4 Å². The fourth-order valence-electron chi connectivity index (χ4n) is 5.15. The van der Waals surface area contributed by atoms with Crippen molar-refractivity contribution in [2.45, 2.75) is 44.6 Å². The van der Waals surface area contributed by atoms with Gasteiger partial charge in [-0.2, -0.15) is 4.99 Å². The van der Waals surface area contributed by atoms with Crippen LogP contribution in [-0.4, -0.2) is 85.1 Å². The minimum Gasteiger partial charge on any atom is -0.473 e. The fourth-order valence-corrected chi connectivity index (χ4v) is 6.71. The van der Waals surface area contributed by atoms with E-state index < -0.39 is 40.7 Å². The van der Waals surface area contributed by atoms with Gasteiger partial charge in [-0.15, -0.1) is 0 Å². The number of carbonyl (C=O) groups is 3. The number of rotatable bonds is 6. The zero-order chi connectivity index (χ0) is 24.3. The third-order valence-corrected chi connectivity index (χ3v) is 8.19. The molecule has 1 saturated heterocycles. The number of hydrogen-bond acceptors (Lipinski definition) is 10. The third kappa shape index (κ3) is 4.45. The van der Waals surface area contributed by atoms with Crippen LogP contribution < -0.4 is 0 Å². The lowest BCUT2D eigenvalue weighted by Crippen LogP contribution is -2.59. The van der Waals surface area contributed by atoms with Gasteiger partial charge in [-0.3, -0.25) is 14.4 Å². The quantitative estimate of drug-likeness (QED) is 0.504. The lowest BCUT2D eigenvalue weighted by molar-refractivity contribution is -0.163. The van der Waals surface area contributed by atoms with Crippen molar-refractivity contribution in [2.24, 2.45) is 22.7 Å². The van der Waals surface area contributed by atoms with E-state index in [1.807, 2.05) is 11.8 Å². The summed E-state index contributed by atoms with van der Waals surface area (Å²) >= 11 is 1.18. The molecule has 0 N–H and O–H groups in total. The Morgan fingerprint density at radius 1 is 1.12 bits per heavy atom. The number of esters is 2. The molecule has 4 aliphatic rings. The Balaban J connectivity index is 1.77. The first kappa shape index (κ1) is 25.0. The molecule has 1 aliphatic carbocycles. The summed E-state index contributed by atoms with van der Waals surface area (Å²) < 4.78 is 26.2. The van der Waals surface area contributed by atoms with Crippen LogP contribution in [-0.2, 0) is 38.1 Å². The number of thioether (sulfide) groups is 1. The molecule has 5 atom stereocenters. The number of ether oxygens (including phenoxy) is 5. The van der Waals surface area contributed by atoms with Gasteiger partial charge in [0.15, 0.2) is 11.5 Å². The van der Waals surface area contributed by atoms with Crippen molar-refractivity contribution in [3.8, 4) is 0 Å². The lowest BCUT2D eigenvalue weighted by atomic mass is 9.62. The molecule has 3 aliphatic heterocycles. The highest BCUT2D eigenvalue weighted by atomic mass is 32.2. The van der Waals surface area contributed by atoms with Gasteiger partial charge in [0.25, 0.3) is 5.91 Å². The first-order valence-corrected chi connectivity index (χ1v) is 12.7. The van der Waals surface area contributed by atoms with Gasteiger partial charge >= 0.3 is 11.9 Å². The zero-order valence-electron chi connectivity index (χ0n) is 19.8. The summed E-state index contributed by atoms with van der Waals surface area (Å²) in [5, 5.41) is 0.500. The highest BCUT2D eigenvalue weighted by Gasteiger charge is 2.67. The number of amidine groups is 1. The number of carbonyl (C=O) groups excluding carboxylic acids is 3. The summed E-state index contributed by atoms with van der Waals surface area (Å²) in [6.07, 6.45) is 1.85. The van der Waals surface area contributed by atoms with E-state index in [0.717, 1.165) is 0 Å². The molecule has 3 heterocycles. The molecule has 0 aromatic heterocycles. The number of aliphatic imine (C=N–C) groups is 1. The van der Waals surface area contributed by atoms with E-state index in [0.29, 0.717) is 56.5 Å². The van der Waals surface area contributed by atoms with E-state index in [1.165, 1.54) is 18.0 Å². The van der Waals surface area contributed by atoms with Gasteiger partial charge in [0, 0.05) is 26.1 Å². The molecule has 1 amide bonds. The second kappa shape index (κ2) is 10.7. The van der Waals surface area contributed by atoms with Crippen molar-refractivity contribution >= 4 is 34.8 Å². The molecule has 0 unspecified atom stereocenters. The molecule has 0 aromatic rings. The number of nitrogens with zero attached hydrogens (tertiary/aromatic N) is 2. The topological polar surface area (TPSA) is 113 Å². The van der Waals surface area contributed by atoms with Crippen LogP contribution in [0.5, 0.6) is 0 Å². The molecular weight excluding hydrogens is 464 g/mol. The molecule has 11 heteroatoms. The van der Waals surface area contributed by atoms with Gasteiger partial charge in [-0.05, 0) is 38.7 Å². The molecule has 1 saturated carbocycles. The fraction of sp³-hybridized carbons (Fsp3) is 0.739. The zero-order valence-corrected chi connectivity index (χ0v) is 20.6. The van der Waals surface area contributed by atoms with Crippen LogP contribution in [0.25, 0.3) is 0 Å². The van der Waals surface area contributed by atoms with Gasteiger partial charge in [-0.25, -0.2) is 0 Å². The van der Waals surface area contributed by atoms with E-state index in [4.69, 9.17) is 23.7 Å². The van der Waals surface area contributed by atoms with Crippen LogP contribution in [0.15, 0.2) is 16.8 Å². The van der Waals surface area contributed by atoms with E-state index in [-0.39, 0.29) is 19.1 Å². The van der Waals surface area contributed by atoms with E-state index in [1.54, 1.807) is 13.8 Å². The average molecular weight is 497 g/mol. The van der Waals surface area contributed by atoms with Gasteiger partial charge in [0.05, 0.1) is 38.6 Å². The Morgan fingerprint density at radius 3 is 2.50 bits per heavy atom. The predicted octanol–water partition coefficient (Wildman–Crippen LogP) is 1.73. The Kier molecular flexibility index (Phi) is 7.83. The normalized spacial score (nSPS) is 33.0. The number of morpholine rings is 1. The van der Waals surface area contributed by atoms with Gasteiger partial charge in [0.2, 0.25) is 0 Å². The molecule has 2 fully saturated rings. The maximum absolute atomic E-state index is 13.7. The Morgan fingerprint density at radius 2 is 1.82 bits per heavy atom. The van der Waals surface area contributed by atoms with E-state index in [2.05, 4.69) is 4.99 Å². The highest BCUT2D eigenvalue weighted by Crippen LogP contribution is 2.58. The van der Waals surface area contributed by atoms with Gasteiger partial charge < -0.3 is 28.6 Å². The monoisotopic (exact) mass is 496 g/mol. The van der Waals surface area contributed by atoms with Crippen LogP contribution in [0.3, 0.4) is 0 Å². The lowest BCUT2D eigenvalue weighted by Gasteiger charge is -2.48. The molecule has 188 valence electrons. The largest absolute Gasteiger partial charge is 0.473 e. The first-order valence-electron chi connectivity index (χ1n) is 11.9. The molecule has 0 bridgehead atoms. The smallest absolute Gasteiger partial charge is 0.315 e. The van der Waals surface area contributed by atoms with Gasteiger partial charge in [0.1, 0.15) is 10.7 Å². The number of amides is 1. The van der Waals surface area contributed by atoms with Crippen LogP contribution in [0.2, 0.25) is 0 Å². The van der Waals surface area contributed by atoms with Crippen LogP contribution in [0.4, 0.5) is 0 Å². The molecule has 10 nitrogen and oxygen atoms in total. The molecule has 0 aromatic carbocycles. The Hall–Kier alpha value is -2.11.